The van der Waals surface area contributed by atoms with Crippen LogP contribution in [-0.2, 0) is 13.1 Å². The number of H-pyrrole nitrogens is 1. The van der Waals surface area contributed by atoms with Gasteiger partial charge >= 0.3 is 0 Å². The summed E-state index contributed by atoms with van der Waals surface area (Å²) in [6, 6.07) is 1.79. The van der Waals surface area contributed by atoms with E-state index in [0.717, 1.165) is 5.69 Å². The summed E-state index contributed by atoms with van der Waals surface area (Å²) in [5.74, 6) is -0.239. The highest BCUT2D eigenvalue weighted by molar-refractivity contribution is 5.97. The number of nitrogens with two attached hydrogens (primary N) is 1. The van der Waals surface area contributed by atoms with Crippen LogP contribution in [0, 0.1) is 0 Å². The summed E-state index contributed by atoms with van der Waals surface area (Å²) < 4.78 is 1.57. The largest absolute Gasteiger partial charge is 0.396 e. The molecule has 90 valence electrons. The van der Waals surface area contributed by atoms with Gasteiger partial charge in [0.15, 0.2) is 0 Å². The van der Waals surface area contributed by atoms with Crippen molar-refractivity contribution in [1.82, 2.24) is 25.3 Å². The minimum absolute atomic E-state index is 0.239. The van der Waals surface area contributed by atoms with Crippen molar-refractivity contribution in [3.63, 3.8) is 0 Å². The molecule has 2 rings (SSSR count). The van der Waals surface area contributed by atoms with Gasteiger partial charge in [-0.05, 0) is 13.0 Å². The van der Waals surface area contributed by atoms with Gasteiger partial charge in [-0.1, -0.05) is 0 Å². The Labute approximate surface area is 98.0 Å². The van der Waals surface area contributed by atoms with E-state index in [2.05, 4.69) is 20.6 Å². The zero-order chi connectivity index (χ0) is 12.3. The molecule has 2 aromatic rings. The Morgan fingerprint density at radius 1 is 1.65 bits per heavy atom. The number of carbonyl (C=O) groups is 1. The van der Waals surface area contributed by atoms with Crippen LogP contribution in [0.2, 0.25) is 0 Å². The summed E-state index contributed by atoms with van der Waals surface area (Å²) in [5, 5.41) is 13.3. The number of aromatic amines is 1. The minimum atomic E-state index is -0.239. The van der Waals surface area contributed by atoms with Crippen LogP contribution in [0.3, 0.4) is 0 Å². The second kappa shape index (κ2) is 4.69. The van der Waals surface area contributed by atoms with Gasteiger partial charge in [0.25, 0.3) is 5.91 Å². The maximum Gasteiger partial charge on any atom is 0.272 e. The molecule has 0 aromatic carbocycles. The molecule has 7 heteroatoms. The van der Waals surface area contributed by atoms with Crippen LogP contribution in [0.25, 0.3) is 0 Å². The molecule has 4 N–H and O–H groups in total. The first-order valence-corrected chi connectivity index (χ1v) is 5.30. The molecule has 0 radical (unpaired) electrons. The normalized spacial score (nSPS) is 10.4. The number of aryl methyl sites for hydroxylation is 1. The van der Waals surface area contributed by atoms with E-state index in [1.54, 1.807) is 16.9 Å². The number of hydrogen-bond acceptors (Lipinski definition) is 4. The van der Waals surface area contributed by atoms with Gasteiger partial charge in [0.2, 0.25) is 0 Å². The Morgan fingerprint density at radius 3 is 3.12 bits per heavy atom. The molecule has 0 saturated carbocycles. The van der Waals surface area contributed by atoms with Crippen molar-refractivity contribution in [3.05, 3.63) is 29.8 Å². The fraction of sp³-hybridized carbons (Fsp3) is 0.300. The fourth-order valence-corrected chi connectivity index (χ4v) is 1.53. The number of anilines is 1. The Kier molecular flexibility index (Phi) is 3.08. The van der Waals surface area contributed by atoms with Gasteiger partial charge in [-0.3, -0.25) is 14.6 Å². The molecule has 0 aliphatic heterocycles. The SMILES string of the molecule is CCn1ncc(N)c1C(=O)NCc1ccn[nH]1. The first-order valence-electron chi connectivity index (χ1n) is 5.30. The number of nitrogen functional groups attached to an aromatic ring is 1. The first kappa shape index (κ1) is 11.2. The van der Waals surface area contributed by atoms with Gasteiger partial charge in [0.05, 0.1) is 24.1 Å². The average Bonchev–Trinajstić information content (AvgIpc) is 2.94. The molecule has 0 aliphatic carbocycles. The predicted octanol–water partition coefficient (Wildman–Crippen LogP) is 0.138. The lowest BCUT2D eigenvalue weighted by Gasteiger charge is -2.06. The van der Waals surface area contributed by atoms with Gasteiger partial charge < -0.3 is 11.1 Å². The third kappa shape index (κ3) is 2.27. The molecule has 0 saturated heterocycles. The third-order valence-electron chi connectivity index (χ3n) is 2.38. The summed E-state index contributed by atoms with van der Waals surface area (Å²) in [7, 11) is 0. The molecule has 2 heterocycles. The van der Waals surface area contributed by atoms with Gasteiger partial charge in [0, 0.05) is 12.7 Å². The van der Waals surface area contributed by atoms with E-state index in [-0.39, 0.29) is 5.91 Å². The van der Waals surface area contributed by atoms with Gasteiger partial charge in [-0.2, -0.15) is 10.2 Å². The Balaban J connectivity index is 2.06. The van der Waals surface area contributed by atoms with E-state index >= 15 is 0 Å². The van der Waals surface area contributed by atoms with Crippen LogP contribution in [0.15, 0.2) is 18.5 Å². The van der Waals surface area contributed by atoms with Crippen LogP contribution in [0.4, 0.5) is 5.69 Å². The number of rotatable bonds is 4. The van der Waals surface area contributed by atoms with E-state index in [1.165, 1.54) is 6.20 Å². The first-order chi connectivity index (χ1) is 8.22. The molecule has 0 spiro atoms. The number of nitrogens with zero attached hydrogens (tertiary/aromatic N) is 3. The summed E-state index contributed by atoms with van der Waals surface area (Å²) in [5.41, 5.74) is 7.31. The molecule has 0 bridgehead atoms. The fourth-order valence-electron chi connectivity index (χ4n) is 1.53. The number of nitrogens with one attached hydrogen (secondary N) is 2. The predicted molar refractivity (Wildman–Crippen MR) is 62.1 cm³/mol. The molecule has 0 fully saturated rings. The van der Waals surface area contributed by atoms with Gasteiger partial charge in [-0.25, -0.2) is 0 Å². The summed E-state index contributed by atoms with van der Waals surface area (Å²) in [6.45, 7) is 2.88. The van der Waals surface area contributed by atoms with Gasteiger partial charge in [0.1, 0.15) is 5.69 Å². The van der Waals surface area contributed by atoms with Crippen molar-refractivity contribution in [2.75, 3.05) is 5.73 Å². The van der Waals surface area contributed by atoms with Crippen molar-refractivity contribution < 1.29 is 4.79 Å². The Hall–Kier alpha value is -2.31. The van der Waals surface area contributed by atoms with E-state index in [4.69, 9.17) is 5.73 Å². The van der Waals surface area contributed by atoms with E-state index in [9.17, 15) is 4.79 Å². The second-order valence-corrected chi connectivity index (χ2v) is 3.53. The summed E-state index contributed by atoms with van der Waals surface area (Å²) in [6.07, 6.45) is 3.11. The molecular formula is C10H14N6O. The van der Waals surface area contributed by atoms with E-state index < -0.39 is 0 Å². The maximum absolute atomic E-state index is 11.9. The highest BCUT2D eigenvalue weighted by atomic mass is 16.2. The monoisotopic (exact) mass is 234 g/mol. The smallest absolute Gasteiger partial charge is 0.272 e. The highest BCUT2D eigenvalue weighted by Gasteiger charge is 2.15. The minimum Gasteiger partial charge on any atom is -0.396 e. The van der Waals surface area contributed by atoms with Crippen molar-refractivity contribution in [1.29, 1.82) is 0 Å². The van der Waals surface area contributed by atoms with Crippen LogP contribution in [0.1, 0.15) is 23.1 Å². The topological polar surface area (TPSA) is 102 Å². The van der Waals surface area contributed by atoms with E-state index in [0.29, 0.717) is 24.5 Å². The zero-order valence-electron chi connectivity index (χ0n) is 9.47. The molecule has 17 heavy (non-hydrogen) atoms. The maximum atomic E-state index is 11.9. The number of aromatic nitrogens is 4. The molecule has 0 atom stereocenters. The summed E-state index contributed by atoms with van der Waals surface area (Å²) in [4.78, 5) is 11.9. The quantitative estimate of drug-likeness (QED) is 0.700. The summed E-state index contributed by atoms with van der Waals surface area (Å²) >= 11 is 0. The van der Waals surface area contributed by atoms with Gasteiger partial charge in [-0.15, -0.1) is 0 Å². The molecule has 7 nitrogen and oxygen atoms in total. The third-order valence-corrected chi connectivity index (χ3v) is 2.38. The number of hydrogen-bond donors (Lipinski definition) is 3. The second-order valence-electron chi connectivity index (χ2n) is 3.53. The molecule has 0 aliphatic rings. The van der Waals surface area contributed by atoms with Crippen LogP contribution in [-0.4, -0.2) is 25.9 Å². The number of carbonyl (C=O) groups excluding carboxylic acids is 1. The van der Waals surface area contributed by atoms with E-state index in [1.807, 2.05) is 6.92 Å². The lowest BCUT2D eigenvalue weighted by atomic mass is 10.3. The highest BCUT2D eigenvalue weighted by Crippen LogP contribution is 2.10. The lowest BCUT2D eigenvalue weighted by Crippen LogP contribution is -2.26. The molecule has 1 amide bonds. The molecule has 2 aromatic heterocycles. The Bertz CT molecular complexity index is 501. The van der Waals surface area contributed by atoms with Crippen molar-refractivity contribution in [3.8, 4) is 0 Å². The molecule has 0 unspecified atom stereocenters. The van der Waals surface area contributed by atoms with Crippen LogP contribution in [0.5, 0.6) is 0 Å². The van der Waals surface area contributed by atoms with Crippen molar-refractivity contribution in [2.24, 2.45) is 0 Å². The average molecular weight is 234 g/mol. The standard InChI is InChI=1S/C10H14N6O/c1-2-16-9(8(11)6-14-16)10(17)12-5-7-3-4-13-15-7/h3-4,6H,2,5,11H2,1H3,(H,12,17)(H,13,15). The van der Waals surface area contributed by atoms with Crippen molar-refractivity contribution in [2.45, 2.75) is 20.0 Å². The zero-order valence-corrected chi connectivity index (χ0v) is 9.47. The number of amides is 1. The van der Waals surface area contributed by atoms with Crippen LogP contribution >= 0.6 is 0 Å². The van der Waals surface area contributed by atoms with Crippen LogP contribution < -0.4 is 11.1 Å². The Morgan fingerprint density at radius 2 is 2.47 bits per heavy atom. The lowest BCUT2D eigenvalue weighted by molar-refractivity contribution is 0.0940. The van der Waals surface area contributed by atoms with Crippen molar-refractivity contribution >= 4 is 11.6 Å². The molecular weight excluding hydrogens is 220 g/mol.